The summed E-state index contributed by atoms with van der Waals surface area (Å²) in [6.07, 6.45) is -7.86. The molecule has 0 radical (unpaired) electrons. The maximum atomic E-state index is 11.7. The van der Waals surface area contributed by atoms with Crippen LogP contribution < -0.4 is 0 Å². The summed E-state index contributed by atoms with van der Waals surface area (Å²) in [7, 11) is 0. The van der Waals surface area contributed by atoms with Crippen molar-refractivity contribution in [1.82, 2.24) is 0 Å². The second-order valence-electron chi connectivity index (χ2n) is 1.56. The maximum Gasteiger partial charge on any atom is 0.512 e. The molecule has 0 aromatic carbocycles. The highest BCUT2D eigenvalue weighted by atomic mass is 19.3. The number of alkyl halides is 4. The lowest BCUT2D eigenvalue weighted by atomic mass is 10.7. The van der Waals surface area contributed by atoms with E-state index >= 15 is 0 Å². The van der Waals surface area contributed by atoms with E-state index < -0.39 is 19.0 Å². The molecule has 1 heterocycles. The van der Waals surface area contributed by atoms with Crippen LogP contribution in [0.3, 0.4) is 0 Å². The Morgan fingerprint density at radius 1 is 1.00 bits per heavy atom. The third-order valence-corrected chi connectivity index (χ3v) is 0.669. The molecular weight excluding hydrogens is 160 g/mol. The van der Waals surface area contributed by atoms with Crippen LogP contribution >= 0.6 is 0 Å². The van der Waals surface area contributed by atoms with E-state index in [0.717, 1.165) is 0 Å². The molecule has 60 valence electrons. The number of hydrogen-bond donors (Lipinski definition) is 0. The molecule has 0 amide bonds. The van der Waals surface area contributed by atoms with Crippen molar-refractivity contribution in [3.05, 3.63) is 0 Å². The van der Waals surface area contributed by atoms with E-state index in [9.17, 15) is 17.6 Å². The summed E-state index contributed by atoms with van der Waals surface area (Å²) in [5.41, 5.74) is 0. The van der Waals surface area contributed by atoms with Crippen LogP contribution in [0.1, 0.15) is 0 Å². The van der Waals surface area contributed by atoms with Gasteiger partial charge in [0, 0.05) is 0 Å². The van der Waals surface area contributed by atoms with Crippen LogP contribution in [0.25, 0.3) is 0 Å². The molecule has 0 bridgehead atoms. The first-order valence-electron chi connectivity index (χ1n) is 2.18. The highest BCUT2D eigenvalue weighted by Crippen LogP contribution is 2.30. The average molecular weight is 162 g/mol. The minimum absolute atomic E-state index is 1.51. The molecule has 0 aromatic heterocycles. The van der Waals surface area contributed by atoms with Crippen LogP contribution in [-0.2, 0) is 14.5 Å². The second kappa shape index (κ2) is 2.04. The van der Waals surface area contributed by atoms with Crippen LogP contribution in [0.4, 0.5) is 17.6 Å². The molecule has 0 saturated carbocycles. The molecule has 0 aromatic rings. The summed E-state index contributed by atoms with van der Waals surface area (Å²) >= 11 is 0. The fourth-order valence-electron chi connectivity index (χ4n) is 0.326. The maximum absolute atomic E-state index is 11.7. The first-order valence-corrected chi connectivity index (χ1v) is 2.18. The summed E-state index contributed by atoms with van der Waals surface area (Å²) in [6, 6.07) is 0. The van der Waals surface area contributed by atoms with Gasteiger partial charge in [0.15, 0.2) is 0 Å². The molecule has 1 rings (SSSR count). The predicted octanol–water partition coefficient (Wildman–Crippen LogP) is 1.11. The molecule has 1 aliphatic heterocycles. The van der Waals surface area contributed by atoms with Crippen molar-refractivity contribution < 1.29 is 32.1 Å². The van der Waals surface area contributed by atoms with Crippen molar-refractivity contribution in [3.8, 4) is 0 Å². The van der Waals surface area contributed by atoms with E-state index in [1.807, 2.05) is 0 Å². The molecule has 0 unspecified atom stereocenters. The molecule has 7 heteroatoms. The molecule has 0 N–H and O–H groups in total. The Morgan fingerprint density at radius 3 is 1.90 bits per heavy atom. The van der Waals surface area contributed by atoms with Gasteiger partial charge in [0.1, 0.15) is 6.61 Å². The van der Waals surface area contributed by atoms with Gasteiger partial charge in [0.2, 0.25) is 0 Å². The zero-order valence-corrected chi connectivity index (χ0v) is 4.44. The fourth-order valence-corrected chi connectivity index (χ4v) is 0.326. The zero-order chi connectivity index (χ0) is 7.83. The summed E-state index contributed by atoms with van der Waals surface area (Å²) in [5.74, 6) is 0. The third-order valence-electron chi connectivity index (χ3n) is 0.669. The van der Waals surface area contributed by atoms with Crippen molar-refractivity contribution in [2.24, 2.45) is 0 Å². The Hall–Kier alpha value is -0.400. The van der Waals surface area contributed by atoms with Crippen LogP contribution in [0, 0.1) is 0 Å². The highest BCUT2D eigenvalue weighted by Gasteiger charge is 2.49. The lowest BCUT2D eigenvalue weighted by molar-refractivity contribution is -0.617. The Morgan fingerprint density at radius 2 is 1.60 bits per heavy atom. The van der Waals surface area contributed by atoms with Gasteiger partial charge in [-0.15, -0.1) is 13.7 Å². The molecule has 1 saturated heterocycles. The van der Waals surface area contributed by atoms with E-state index in [1.165, 1.54) is 0 Å². The van der Waals surface area contributed by atoms with Crippen LogP contribution in [0.5, 0.6) is 0 Å². The Kier molecular flexibility index (Phi) is 1.57. The van der Waals surface area contributed by atoms with Crippen molar-refractivity contribution in [2.75, 3.05) is 6.61 Å². The quantitative estimate of drug-likeness (QED) is 0.394. The summed E-state index contributed by atoms with van der Waals surface area (Å²) < 4.78 is 50.0. The summed E-state index contributed by atoms with van der Waals surface area (Å²) in [4.78, 5) is 5.85. The lowest BCUT2D eigenvalue weighted by Gasteiger charge is -2.25. The Labute approximate surface area is 52.4 Å². The zero-order valence-electron chi connectivity index (χ0n) is 4.44. The molecular formula is C3H2F4O3. The van der Waals surface area contributed by atoms with Crippen molar-refractivity contribution in [2.45, 2.75) is 12.4 Å². The van der Waals surface area contributed by atoms with Gasteiger partial charge in [-0.3, -0.25) is 4.74 Å². The van der Waals surface area contributed by atoms with Gasteiger partial charge >= 0.3 is 12.4 Å². The van der Waals surface area contributed by atoms with Gasteiger partial charge in [-0.05, 0) is 0 Å². The predicted molar refractivity (Wildman–Crippen MR) is 18.0 cm³/mol. The molecule has 10 heavy (non-hydrogen) atoms. The van der Waals surface area contributed by atoms with E-state index in [4.69, 9.17) is 0 Å². The van der Waals surface area contributed by atoms with Crippen molar-refractivity contribution >= 4 is 0 Å². The molecule has 0 aliphatic carbocycles. The number of halogens is 4. The van der Waals surface area contributed by atoms with E-state index in [-0.39, 0.29) is 0 Å². The molecule has 0 spiro atoms. The molecule has 3 nitrogen and oxygen atoms in total. The van der Waals surface area contributed by atoms with E-state index in [2.05, 4.69) is 14.5 Å². The van der Waals surface area contributed by atoms with Gasteiger partial charge in [-0.25, -0.2) is 0 Å². The largest absolute Gasteiger partial charge is 0.512 e. The van der Waals surface area contributed by atoms with Gasteiger partial charge in [-0.2, -0.15) is 13.7 Å². The van der Waals surface area contributed by atoms with Gasteiger partial charge < -0.3 is 0 Å². The molecule has 1 fully saturated rings. The first-order chi connectivity index (χ1) is 4.41. The lowest BCUT2D eigenvalue weighted by Crippen LogP contribution is -2.42. The molecule has 1 aliphatic rings. The minimum Gasteiger partial charge on any atom is -0.285 e. The summed E-state index contributed by atoms with van der Waals surface area (Å²) in [5, 5.41) is 0. The van der Waals surface area contributed by atoms with Crippen molar-refractivity contribution in [3.63, 3.8) is 0 Å². The fraction of sp³-hybridized carbons (Fsp3) is 1.00. The standard InChI is InChI=1S/C3H2F4O3/c4-2(5)1-8-3(6,7)10-9-2/h1H2. The van der Waals surface area contributed by atoms with Gasteiger partial charge in [0.25, 0.3) is 0 Å². The SMILES string of the molecule is FC1(F)COC(F)(F)OO1. The van der Waals surface area contributed by atoms with Crippen molar-refractivity contribution in [1.29, 1.82) is 0 Å². The minimum atomic E-state index is -4.07. The van der Waals surface area contributed by atoms with Gasteiger partial charge in [0.05, 0.1) is 0 Å². The Balaban J connectivity index is 2.46. The van der Waals surface area contributed by atoms with Gasteiger partial charge in [-0.1, -0.05) is 0 Å². The normalized spacial score (nSPS) is 30.0. The molecule has 0 atom stereocenters. The van der Waals surface area contributed by atoms with Crippen LogP contribution in [0.15, 0.2) is 0 Å². The number of hydrogen-bond acceptors (Lipinski definition) is 3. The monoisotopic (exact) mass is 162 g/mol. The van der Waals surface area contributed by atoms with Crippen LogP contribution in [0.2, 0.25) is 0 Å². The second-order valence-corrected chi connectivity index (χ2v) is 1.56. The Bertz CT molecular complexity index is 108. The van der Waals surface area contributed by atoms with Crippen LogP contribution in [-0.4, -0.2) is 19.0 Å². The number of ether oxygens (including phenoxy) is 1. The van der Waals surface area contributed by atoms with E-state index in [0.29, 0.717) is 0 Å². The van der Waals surface area contributed by atoms with E-state index in [1.54, 1.807) is 0 Å². The third kappa shape index (κ3) is 1.79. The topological polar surface area (TPSA) is 27.7 Å². The number of rotatable bonds is 0. The average Bonchev–Trinajstić information content (AvgIpc) is 1.79. The first kappa shape index (κ1) is 7.70. The summed E-state index contributed by atoms with van der Waals surface area (Å²) in [6.45, 7) is -1.51. The highest BCUT2D eigenvalue weighted by molar-refractivity contribution is 4.50. The smallest absolute Gasteiger partial charge is 0.285 e.